The number of esters is 1. The lowest BCUT2D eigenvalue weighted by atomic mass is 9.78. The first-order valence-electron chi connectivity index (χ1n) is 12.3. The number of benzene rings is 1. The van der Waals surface area contributed by atoms with Crippen molar-refractivity contribution in [3.05, 3.63) is 61.7 Å². The van der Waals surface area contributed by atoms with Gasteiger partial charge < -0.3 is 19.5 Å². The van der Waals surface area contributed by atoms with Crippen LogP contribution >= 0.6 is 0 Å². The Morgan fingerprint density at radius 1 is 1.14 bits per heavy atom. The minimum atomic E-state index is -1.53. The second-order valence-electron chi connectivity index (χ2n) is 8.49. The summed E-state index contributed by atoms with van der Waals surface area (Å²) in [5, 5.41) is 21.2. The van der Waals surface area contributed by atoms with E-state index in [4.69, 9.17) is 9.72 Å². The molecule has 0 radical (unpaired) electrons. The smallest absolute Gasteiger partial charge is 0.340 e. The highest BCUT2D eigenvalue weighted by Gasteiger charge is 2.37. The molecule has 2 aromatic heterocycles. The maximum absolute atomic E-state index is 14.6. The summed E-state index contributed by atoms with van der Waals surface area (Å²) in [7, 11) is 0. The molecule has 8 heteroatoms. The summed E-state index contributed by atoms with van der Waals surface area (Å²) in [6.07, 6.45) is -0.185. The third-order valence-electron chi connectivity index (χ3n) is 6.99. The Morgan fingerprint density at radius 3 is 2.54 bits per heavy atom. The quantitative estimate of drug-likeness (QED) is 0.397. The van der Waals surface area contributed by atoms with Crippen LogP contribution in [0.1, 0.15) is 79.5 Å². The summed E-state index contributed by atoms with van der Waals surface area (Å²) in [6.45, 7) is 9.79. The molecule has 0 spiro atoms. The fourth-order valence-corrected chi connectivity index (χ4v) is 5.38. The van der Waals surface area contributed by atoms with E-state index in [1.807, 2.05) is 27.7 Å². The van der Waals surface area contributed by atoms with Crippen molar-refractivity contribution in [2.24, 2.45) is 0 Å². The molecule has 35 heavy (non-hydrogen) atoms. The molecule has 6 rings (SSSR count). The number of carbonyl (C=O) groups is 1. The van der Waals surface area contributed by atoms with Gasteiger partial charge in [-0.15, -0.1) is 0 Å². The van der Waals surface area contributed by atoms with Gasteiger partial charge in [0, 0.05) is 35.1 Å². The van der Waals surface area contributed by atoms with Crippen molar-refractivity contribution in [2.75, 3.05) is 6.61 Å². The zero-order valence-electron chi connectivity index (χ0n) is 20.7. The minimum Gasteiger partial charge on any atom is -0.458 e. The van der Waals surface area contributed by atoms with Gasteiger partial charge in [0.2, 0.25) is 0 Å². The number of cyclic esters (lactones) is 1. The van der Waals surface area contributed by atoms with Crippen molar-refractivity contribution in [3.8, 4) is 11.4 Å². The molecule has 2 unspecified atom stereocenters. The van der Waals surface area contributed by atoms with Gasteiger partial charge >= 0.3 is 5.97 Å². The van der Waals surface area contributed by atoms with E-state index < -0.39 is 12.1 Å². The Hall–Kier alpha value is -3.10. The Morgan fingerprint density at radius 2 is 1.86 bits per heavy atom. The molecule has 7 nitrogen and oxygen atoms in total. The molecular weight excluding hydrogens is 451 g/mol. The first kappa shape index (κ1) is 25.0. The molecule has 2 N–H and O–H groups in total. The highest BCUT2D eigenvalue weighted by molar-refractivity contribution is 5.93. The summed E-state index contributed by atoms with van der Waals surface area (Å²) in [5.74, 6) is -1.26. The van der Waals surface area contributed by atoms with Crippen LogP contribution in [0, 0.1) is 12.7 Å². The maximum Gasteiger partial charge on any atom is 0.340 e. The third-order valence-corrected chi connectivity index (χ3v) is 6.99. The molecule has 0 saturated heterocycles. The first-order valence-corrected chi connectivity index (χ1v) is 12.3. The van der Waals surface area contributed by atoms with Crippen LogP contribution in [0.15, 0.2) is 16.9 Å². The number of halogens is 1. The molecule has 186 valence electrons. The molecule has 3 aromatic rings. The van der Waals surface area contributed by atoms with Crippen molar-refractivity contribution in [1.29, 1.82) is 0 Å². The molecule has 2 aliphatic heterocycles. The van der Waals surface area contributed by atoms with E-state index in [0.717, 1.165) is 22.1 Å². The van der Waals surface area contributed by atoms with Crippen LogP contribution in [0.3, 0.4) is 0 Å². The molecular formula is C27H31FN2O5. The average Bonchev–Trinajstić information content (AvgIpc) is 3.26. The standard InChI is InChI=1S/C23H19FN2O5.2C2H6/c1-9-11-3-2-10(7-27)18-13-6-26-17(20(13)25-16(19(11)18)5-15(9)24)4-12-14(22(26)29)8-31-23(30)21(12)28;2*1-2/h4-5,10,21,27-28H,2-3,6-8H2,1H3;2*1-2H3. The number of nitrogens with zero attached hydrogens (tertiary/aromatic N) is 2. The molecule has 0 amide bonds. The number of pyridine rings is 2. The van der Waals surface area contributed by atoms with Crippen molar-refractivity contribution >= 4 is 16.9 Å². The number of ether oxygens (including phenoxy) is 1. The number of hydrogen-bond donors (Lipinski definition) is 2. The molecule has 4 heterocycles. The largest absolute Gasteiger partial charge is 0.458 e. The van der Waals surface area contributed by atoms with E-state index in [2.05, 4.69) is 0 Å². The van der Waals surface area contributed by atoms with Crippen LogP contribution in [-0.4, -0.2) is 32.3 Å². The highest BCUT2D eigenvalue weighted by Crippen LogP contribution is 2.45. The van der Waals surface area contributed by atoms with Gasteiger partial charge in [0.1, 0.15) is 12.4 Å². The van der Waals surface area contributed by atoms with E-state index in [1.54, 1.807) is 17.6 Å². The SMILES string of the molecule is CC.CC.Cc1c(F)cc2nc3c(c4c2c1CCC4CO)Cn1c-3cc2c(c1=O)COC(=O)C2O. The summed E-state index contributed by atoms with van der Waals surface area (Å²) >= 11 is 0. The number of fused-ring (bicyclic) bond motifs is 5. The van der Waals surface area contributed by atoms with Crippen LogP contribution in [0.25, 0.3) is 22.3 Å². The van der Waals surface area contributed by atoms with Crippen molar-refractivity contribution in [2.45, 2.75) is 72.6 Å². The highest BCUT2D eigenvalue weighted by atomic mass is 19.1. The predicted molar refractivity (Wildman–Crippen MR) is 131 cm³/mol. The summed E-state index contributed by atoms with van der Waals surface area (Å²) in [4.78, 5) is 29.7. The lowest BCUT2D eigenvalue weighted by molar-refractivity contribution is -0.157. The van der Waals surface area contributed by atoms with Crippen LogP contribution < -0.4 is 5.56 Å². The number of aryl methyl sites for hydroxylation is 1. The molecule has 0 saturated carbocycles. The van der Waals surface area contributed by atoms with Gasteiger partial charge in [0.15, 0.2) is 6.10 Å². The summed E-state index contributed by atoms with van der Waals surface area (Å²) in [6, 6.07) is 3.02. The molecule has 1 aromatic carbocycles. The van der Waals surface area contributed by atoms with E-state index >= 15 is 0 Å². The topological polar surface area (TPSA) is 102 Å². The molecule has 2 atom stereocenters. The zero-order valence-corrected chi connectivity index (χ0v) is 20.7. The lowest BCUT2D eigenvalue weighted by Crippen LogP contribution is -2.32. The number of hydrogen-bond acceptors (Lipinski definition) is 6. The second kappa shape index (κ2) is 9.51. The fraction of sp³-hybridized carbons (Fsp3) is 0.444. The van der Waals surface area contributed by atoms with Gasteiger partial charge in [-0.1, -0.05) is 27.7 Å². The number of aromatic nitrogens is 2. The Kier molecular flexibility index (Phi) is 6.79. The zero-order chi connectivity index (χ0) is 25.6. The molecule has 0 fully saturated rings. The molecule has 1 aliphatic carbocycles. The van der Waals surface area contributed by atoms with E-state index in [-0.39, 0.29) is 48.2 Å². The molecule has 3 aliphatic rings. The van der Waals surface area contributed by atoms with E-state index in [9.17, 15) is 24.2 Å². The number of rotatable bonds is 1. The van der Waals surface area contributed by atoms with Crippen LogP contribution in [0.5, 0.6) is 0 Å². The Bertz CT molecular complexity index is 1400. The minimum absolute atomic E-state index is 0.0514. The second-order valence-corrected chi connectivity index (χ2v) is 8.49. The normalized spacial score (nSPS) is 18.9. The van der Waals surface area contributed by atoms with Crippen molar-refractivity contribution < 1.29 is 24.1 Å². The number of aliphatic hydroxyl groups is 2. The van der Waals surface area contributed by atoms with Gasteiger partial charge in [-0.2, -0.15) is 0 Å². The van der Waals surface area contributed by atoms with Gasteiger partial charge in [-0.05, 0) is 42.5 Å². The summed E-state index contributed by atoms with van der Waals surface area (Å²) in [5.41, 5.74) is 4.89. The number of aliphatic hydroxyl groups excluding tert-OH is 2. The van der Waals surface area contributed by atoms with Gasteiger partial charge in [0.05, 0.1) is 29.0 Å². The Labute approximate surface area is 203 Å². The first-order chi connectivity index (χ1) is 16.9. The van der Waals surface area contributed by atoms with Crippen molar-refractivity contribution in [3.63, 3.8) is 0 Å². The van der Waals surface area contributed by atoms with Crippen LogP contribution in [0.4, 0.5) is 4.39 Å². The van der Waals surface area contributed by atoms with Gasteiger partial charge in [-0.25, -0.2) is 14.2 Å². The van der Waals surface area contributed by atoms with Crippen molar-refractivity contribution in [1.82, 2.24) is 9.55 Å². The number of carbonyl (C=O) groups excluding carboxylic acids is 1. The van der Waals surface area contributed by atoms with E-state index in [1.165, 1.54) is 6.07 Å². The van der Waals surface area contributed by atoms with Crippen LogP contribution in [0.2, 0.25) is 0 Å². The Balaban J connectivity index is 0.000000689. The third kappa shape index (κ3) is 3.58. The predicted octanol–water partition coefficient (Wildman–Crippen LogP) is 4.04. The van der Waals surface area contributed by atoms with E-state index in [0.29, 0.717) is 35.3 Å². The van der Waals surface area contributed by atoms with Crippen LogP contribution in [-0.2, 0) is 29.1 Å². The molecule has 0 bridgehead atoms. The monoisotopic (exact) mass is 482 g/mol. The maximum atomic E-state index is 14.6. The van der Waals surface area contributed by atoms with Gasteiger partial charge in [-0.3, -0.25) is 4.79 Å². The lowest BCUT2D eigenvalue weighted by Gasteiger charge is -2.28. The average molecular weight is 483 g/mol. The summed E-state index contributed by atoms with van der Waals surface area (Å²) < 4.78 is 21.1. The fourth-order valence-electron chi connectivity index (χ4n) is 5.38. The van der Waals surface area contributed by atoms with Gasteiger partial charge in [0.25, 0.3) is 5.56 Å².